The number of carbonyl (C=O) groups excluding carboxylic acids is 1. The summed E-state index contributed by atoms with van der Waals surface area (Å²) in [4.78, 5) is 12.9. The van der Waals surface area contributed by atoms with Gasteiger partial charge in [0.2, 0.25) is 10.0 Å². The molecule has 0 unspecified atom stereocenters. The van der Waals surface area contributed by atoms with E-state index in [0.29, 0.717) is 34.5 Å². The number of para-hydroxylation sites is 1. The minimum atomic E-state index is -3.38. The number of sulfonamides is 1. The summed E-state index contributed by atoms with van der Waals surface area (Å²) in [5, 5.41) is 8.78. The average molecular weight is 473 g/mol. The Morgan fingerprint density at radius 3 is 2.53 bits per heavy atom. The SMILES string of the molecule is C=CCn1c(S[C@@H](C)C(=O)c2ccc(NS(C)(=O)=O)cc2)nnc1-c1ccccc1OC. The number of aromatic nitrogens is 3. The average Bonchev–Trinajstić information content (AvgIpc) is 3.14. The van der Waals surface area contributed by atoms with Gasteiger partial charge in [0.15, 0.2) is 16.8 Å². The molecule has 10 heteroatoms. The van der Waals surface area contributed by atoms with Crippen molar-refractivity contribution in [3.63, 3.8) is 0 Å². The number of hydrogen-bond donors (Lipinski definition) is 1. The molecule has 3 aromatic rings. The second-order valence-electron chi connectivity index (χ2n) is 6.98. The van der Waals surface area contributed by atoms with Gasteiger partial charge in [0.1, 0.15) is 5.75 Å². The third kappa shape index (κ3) is 5.57. The van der Waals surface area contributed by atoms with E-state index in [0.717, 1.165) is 11.8 Å². The third-order valence-electron chi connectivity index (χ3n) is 4.50. The zero-order valence-electron chi connectivity index (χ0n) is 18.0. The molecule has 32 heavy (non-hydrogen) atoms. The van der Waals surface area contributed by atoms with Crippen molar-refractivity contribution in [3.8, 4) is 17.1 Å². The van der Waals surface area contributed by atoms with E-state index in [2.05, 4.69) is 21.5 Å². The van der Waals surface area contributed by atoms with Crippen LogP contribution in [-0.4, -0.2) is 47.6 Å². The molecule has 2 aromatic carbocycles. The van der Waals surface area contributed by atoms with Gasteiger partial charge in [-0.2, -0.15) is 0 Å². The topological polar surface area (TPSA) is 103 Å². The fraction of sp³-hybridized carbons (Fsp3) is 0.227. The number of methoxy groups -OCH3 is 1. The summed E-state index contributed by atoms with van der Waals surface area (Å²) in [6, 6.07) is 13.8. The Morgan fingerprint density at radius 2 is 1.91 bits per heavy atom. The molecule has 0 aliphatic heterocycles. The minimum absolute atomic E-state index is 0.104. The van der Waals surface area contributed by atoms with Crippen LogP contribution in [0.25, 0.3) is 11.4 Å². The molecule has 8 nitrogen and oxygen atoms in total. The second-order valence-corrected chi connectivity index (χ2v) is 10.0. The summed E-state index contributed by atoms with van der Waals surface area (Å²) >= 11 is 1.30. The number of ketones is 1. The van der Waals surface area contributed by atoms with Gasteiger partial charge < -0.3 is 4.74 Å². The monoisotopic (exact) mass is 472 g/mol. The van der Waals surface area contributed by atoms with Crippen molar-refractivity contribution >= 4 is 33.3 Å². The first-order valence-corrected chi connectivity index (χ1v) is 12.5. The van der Waals surface area contributed by atoms with E-state index in [1.807, 2.05) is 28.8 Å². The second kappa shape index (κ2) is 10.0. The molecular formula is C22H24N4O4S2. The van der Waals surface area contributed by atoms with Gasteiger partial charge in [-0.15, -0.1) is 16.8 Å². The van der Waals surface area contributed by atoms with E-state index < -0.39 is 15.3 Å². The lowest BCUT2D eigenvalue weighted by molar-refractivity contribution is 0.0994. The number of nitrogens with one attached hydrogen (secondary N) is 1. The number of anilines is 1. The number of thioether (sulfide) groups is 1. The van der Waals surface area contributed by atoms with E-state index in [9.17, 15) is 13.2 Å². The Balaban J connectivity index is 1.83. The van der Waals surface area contributed by atoms with E-state index in [-0.39, 0.29) is 5.78 Å². The quantitative estimate of drug-likeness (QED) is 0.271. The number of ether oxygens (including phenoxy) is 1. The van der Waals surface area contributed by atoms with Crippen molar-refractivity contribution in [1.82, 2.24) is 14.8 Å². The summed E-state index contributed by atoms with van der Waals surface area (Å²) in [5.41, 5.74) is 1.67. The van der Waals surface area contributed by atoms with Gasteiger partial charge in [0, 0.05) is 17.8 Å². The molecule has 0 spiro atoms. The van der Waals surface area contributed by atoms with Crippen LogP contribution in [0, 0.1) is 0 Å². The van der Waals surface area contributed by atoms with E-state index in [1.165, 1.54) is 11.8 Å². The van der Waals surface area contributed by atoms with Crippen molar-refractivity contribution in [3.05, 3.63) is 66.7 Å². The van der Waals surface area contributed by atoms with Crippen LogP contribution in [0.1, 0.15) is 17.3 Å². The Labute approximate surface area is 191 Å². The Bertz CT molecular complexity index is 1220. The smallest absolute Gasteiger partial charge is 0.229 e. The van der Waals surface area contributed by atoms with Crippen molar-refractivity contribution in [2.75, 3.05) is 18.1 Å². The van der Waals surface area contributed by atoms with Crippen molar-refractivity contribution < 1.29 is 17.9 Å². The number of nitrogens with zero attached hydrogens (tertiary/aromatic N) is 3. The number of benzene rings is 2. The highest BCUT2D eigenvalue weighted by molar-refractivity contribution is 8.00. The molecule has 0 radical (unpaired) electrons. The first-order chi connectivity index (χ1) is 15.2. The van der Waals surface area contributed by atoms with Gasteiger partial charge in [0.25, 0.3) is 0 Å². The summed E-state index contributed by atoms with van der Waals surface area (Å²) in [7, 11) is -1.78. The lowest BCUT2D eigenvalue weighted by Crippen LogP contribution is -2.15. The van der Waals surface area contributed by atoms with E-state index >= 15 is 0 Å². The maximum atomic E-state index is 12.9. The maximum Gasteiger partial charge on any atom is 0.229 e. The number of hydrogen-bond acceptors (Lipinski definition) is 7. The Morgan fingerprint density at radius 1 is 1.22 bits per heavy atom. The zero-order chi connectivity index (χ0) is 23.3. The largest absolute Gasteiger partial charge is 0.496 e. The molecule has 1 N–H and O–H groups in total. The molecule has 1 heterocycles. The van der Waals surface area contributed by atoms with Crippen LogP contribution >= 0.6 is 11.8 Å². The number of carbonyl (C=O) groups is 1. The summed E-state index contributed by atoms with van der Waals surface area (Å²) in [6.45, 7) is 6.08. The number of allylic oxidation sites excluding steroid dienone is 1. The van der Waals surface area contributed by atoms with Crippen molar-refractivity contribution in [2.45, 2.75) is 23.9 Å². The molecule has 0 fully saturated rings. The summed E-state index contributed by atoms with van der Waals surface area (Å²) in [6.07, 6.45) is 2.82. The molecule has 0 bridgehead atoms. The van der Waals surface area contributed by atoms with Gasteiger partial charge in [-0.25, -0.2) is 8.42 Å². The van der Waals surface area contributed by atoms with Crippen LogP contribution in [-0.2, 0) is 16.6 Å². The fourth-order valence-electron chi connectivity index (χ4n) is 3.06. The molecule has 0 saturated carbocycles. The normalized spacial score (nSPS) is 12.2. The van der Waals surface area contributed by atoms with E-state index in [1.54, 1.807) is 44.4 Å². The van der Waals surface area contributed by atoms with Gasteiger partial charge >= 0.3 is 0 Å². The number of rotatable bonds is 10. The minimum Gasteiger partial charge on any atom is -0.496 e. The first kappa shape index (κ1) is 23.6. The Kier molecular flexibility index (Phi) is 7.37. The standard InChI is InChI=1S/C22H24N4O4S2/c1-5-14-26-21(18-8-6-7-9-19(18)30-3)23-24-22(26)31-15(2)20(27)16-10-12-17(13-11-16)25-32(4,28)29/h5-13,15,25H,1,14H2,2-4H3/t15-/m0/s1. The maximum absolute atomic E-state index is 12.9. The van der Waals surface area contributed by atoms with Gasteiger partial charge in [-0.1, -0.05) is 30.0 Å². The third-order valence-corrected chi connectivity index (χ3v) is 6.19. The predicted octanol–water partition coefficient (Wildman–Crippen LogP) is 3.87. The summed E-state index contributed by atoms with van der Waals surface area (Å²) < 4.78 is 32.4. The lowest BCUT2D eigenvalue weighted by atomic mass is 10.1. The molecule has 0 amide bonds. The highest BCUT2D eigenvalue weighted by atomic mass is 32.2. The molecule has 0 aliphatic rings. The highest BCUT2D eigenvalue weighted by Crippen LogP contribution is 2.32. The van der Waals surface area contributed by atoms with Crippen LogP contribution in [0.2, 0.25) is 0 Å². The predicted molar refractivity (Wildman–Crippen MR) is 127 cm³/mol. The molecule has 1 aromatic heterocycles. The molecule has 3 rings (SSSR count). The van der Waals surface area contributed by atoms with Crippen molar-refractivity contribution in [1.29, 1.82) is 0 Å². The van der Waals surface area contributed by atoms with Crippen LogP contribution in [0.5, 0.6) is 5.75 Å². The van der Waals surface area contributed by atoms with Gasteiger partial charge in [0.05, 0.1) is 24.2 Å². The van der Waals surface area contributed by atoms with E-state index in [4.69, 9.17) is 4.74 Å². The van der Waals surface area contributed by atoms with Gasteiger partial charge in [-0.05, 0) is 43.3 Å². The van der Waals surface area contributed by atoms with Crippen LogP contribution in [0.4, 0.5) is 5.69 Å². The zero-order valence-corrected chi connectivity index (χ0v) is 19.6. The highest BCUT2D eigenvalue weighted by Gasteiger charge is 2.22. The van der Waals surface area contributed by atoms with Crippen LogP contribution in [0.3, 0.4) is 0 Å². The summed E-state index contributed by atoms with van der Waals surface area (Å²) in [5.74, 6) is 1.20. The number of Topliss-reactive ketones (excluding diaryl/α,β-unsaturated/α-hetero) is 1. The fourth-order valence-corrected chi connectivity index (χ4v) is 4.56. The van der Waals surface area contributed by atoms with Crippen LogP contribution in [0.15, 0.2) is 66.3 Å². The Hall–Kier alpha value is -3.11. The molecule has 0 aliphatic carbocycles. The van der Waals surface area contributed by atoms with Crippen LogP contribution < -0.4 is 9.46 Å². The molecule has 0 saturated heterocycles. The first-order valence-electron chi connectivity index (χ1n) is 9.69. The lowest BCUT2D eigenvalue weighted by Gasteiger charge is -2.13. The molecule has 1 atom stereocenters. The molecule has 168 valence electrons. The van der Waals surface area contributed by atoms with Crippen molar-refractivity contribution in [2.24, 2.45) is 0 Å². The molecular weight excluding hydrogens is 448 g/mol. The van der Waals surface area contributed by atoms with Gasteiger partial charge in [-0.3, -0.25) is 14.1 Å².